The van der Waals surface area contributed by atoms with Crippen molar-refractivity contribution in [3.05, 3.63) is 47.2 Å². The average Bonchev–Trinajstić information content (AvgIpc) is 2.53. The third-order valence-electron chi connectivity index (χ3n) is 3.69. The van der Waals surface area contributed by atoms with E-state index in [0.717, 1.165) is 50.3 Å². The van der Waals surface area contributed by atoms with Crippen LogP contribution in [-0.4, -0.2) is 36.3 Å². The van der Waals surface area contributed by atoms with E-state index in [1.54, 1.807) is 0 Å². The number of ether oxygens (including phenoxy) is 1. The number of rotatable bonds is 4. The molecule has 0 amide bonds. The van der Waals surface area contributed by atoms with Gasteiger partial charge in [0.25, 0.3) is 0 Å². The van der Waals surface area contributed by atoms with E-state index in [0.29, 0.717) is 0 Å². The summed E-state index contributed by atoms with van der Waals surface area (Å²) in [5, 5.41) is 3.40. The van der Waals surface area contributed by atoms with Gasteiger partial charge in [0.1, 0.15) is 5.82 Å². The van der Waals surface area contributed by atoms with Gasteiger partial charge in [0.15, 0.2) is 0 Å². The molecule has 3 rings (SSSR count). The molecule has 0 bridgehead atoms. The van der Waals surface area contributed by atoms with Gasteiger partial charge in [-0.2, -0.15) is 4.98 Å². The predicted octanol–water partition coefficient (Wildman–Crippen LogP) is 2.54. The topological polar surface area (TPSA) is 50.3 Å². The molecule has 1 aliphatic rings. The molecule has 2 heterocycles. The van der Waals surface area contributed by atoms with E-state index < -0.39 is 0 Å². The lowest BCUT2D eigenvalue weighted by atomic mass is 10.1. The predicted molar refractivity (Wildman–Crippen MR) is 88.3 cm³/mol. The van der Waals surface area contributed by atoms with Crippen molar-refractivity contribution in [2.45, 2.75) is 20.4 Å². The van der Waals surface area contributed by atoms with E-state index in [9.17, 15) is 0 Å². The van der Waals surface area contributed by atoms with Gasteiger partial charge in [-0.05, 0) is 19.4 Å². The summed E-state index contributed by atoms with van der Waals surface area (Å²) in [7, 11) is 0. The Morgan fingerprint density at radius 2 is 1.95 bits per heavy atom. The quantitative estimate of drug-likeness (QED) is 0.940. The second-order valence-corrected chi connectivity index (χ2v) is 5.64. The highest BCUT2D eigenvalue weighted by Crippen LogP contribution is 2.16. The van der Waals surface area contributed by atoms with Crippen LogP contribution < -0.4 is 10.2 Å². The first-order valence-corrected chi connectivity index (χ1v) is 7.68. The zero-order valence-corrected chi connectivity index (χ0v) is 13.2. The Hall–Kier alpha value is -2.14. The van der Waals surface area contributed by atoms with E-state index in [1.165, 1.54) is 11.1 Å². The largest absolute Gasteiger partial charge is 0.378 e. The summed E-state index contributed by atoms with van der Waals surface area (Å²) in [5.41, 5.74) is 3.50. The van der Waals surface area contributed by atoms with Gasteiger partial charge < -0.3 is 15.0 Å². The molecule has 5 heteroatoms. The normalized spacial score (nSPS) is 14.9. The fraction of sp³-hybridized carbons (Fsp3) is 0.412. The summed E-state index contributed by atoms with van der Waals surface area (Å²) in [5.74, 6) is 1.66. The zero-order chi connectivity index (χ0) is 15.4. The molecule has 1 aliphatic heterocycles. The van der Waals surface area contributed by atoms with Crippen LogP contribution >= 0.6 is 0 Å². The number of benzene rings is 1. The Labute approximate surface area is 131 Å². The van der Waals surface area contributed by atoms with Crippen LogP contribution in [0.25, 0.3) is 0 Å². The third-order valence-corrected chi connectivity index (χ3v) is 3.69. The summed E-state index contributed by atoms with van der Waals surface area (Å²) in [6.07, 6.45) is 0. The highest BCUT2D eigenvalue weighted by atomic mass is 16.5. The van der Waals surface area contributed by atoms with E-state index in [2.05, 4.69) is 51.4 Å². The number of morpholine rings is 1. The van der Waals surface area contributed by atoms with Gasteiger partial charge in [-0.1, -0.05) is 29.8 Å². The number of nitrogens with zero attached hydrogens (tertiary/aromatic N) is 3. The van der Waals surface area contributed by atoms with Crippen LogP contribution in [0.3, 0.4) is 0 Å². The maximum absolute atomic E-state index is 5.39. The van der Waals surface area contributed by atoms with E-state index >= 15 is 0 Å². The van der Waals surface area contributed by atoms with Gasteiger partial charge in [-0.15, -0.1) is 0 Å². The molecule has 0 radical (unpaired) electrons. The van der Waals surface area contributed by atoms with Crippen molar-refractivity contribution in [3.63, 3.8) is 0 Å². The van der Waals surface area contributed by atoms with Gasteiger partial charge in [0.05, 0.1) is 13.2 Å². The molecule has 0 saturated carbocycles. The van der Waals surface area contributed by atoms with Crippen molar-refractivity contribution in [2.24, 2.45) is 0 Å². The molecule has 5 nitrogen and oxygen atoms in total. The third kappa shape index (κ3) is 3.74. The monoisotopic (exact) mass is 298 g/mol. The van der Waals surface area contributed by atoms with Crippen LogP contribution in [-0.2, 0) is 11.3 Å². The Balaban J connectivity index is 1.71. The fourth-order valence-corrected chi connectivity index (χ4v) is 2.56. The average molecular weight is 298 g/mol. The van der Waals surface area contributed by atoms with Gasteiger partial charge in [-0.3, -0.25) is 0 Å². The van der Waals surface area contributed by atoms with E-state index in [4.69, 9.17) is 4.74 Å². The Bertz CT molecular complexity index is 638. The molecule has 0 atom stereocenters. The van der Waals surface area contributed by atoms with Crippen LogP contribution in [0.2, 0.25) is 0 Å². The van der Waals surface area contributed by atoms with Crippen molar-refractivity contribution in [1.82, 2.24) is 9.97 Å². The Morgan fingerprint density at radius 3 is 2.73 bits per heavy atom. The van der Waals surface area contributed by atoms with Crippen LogP contribution in [0.1, 0.15) is 16.8 Å². The molecule has 1 saturated heterocycles. The fourth-order valence-electron chi connectivity index (χ4n) is 2.56. The number of aromatic nitrogens is 2. The molecule has 2 aromatic rings. The number of hydrogen-bond donors (Lipinski definition) is 1. The molecule has 1 aromatic heterocycles. The molecule has 0 unspecified atom stereocenters. The van der Waals surface area contributed by atoms with Gasteiger partial charge >= 0.3 is 0 Å². The first-order chi connectivity index (χ1) is 10.7. The van der Waals surface area contributed by atoms with Crippen LogP contribution in [0.5, 0.6) is 0 Å². The van der Waals surface area contributed by atoms with Crippen LogP contribution in [0.15, 0.2) is 30.3 Å². The molecule has 1 fully saturated rings. The van der Waals surface area contributed by atoms with Crippen LogP contribution in [0, 0.1) is 13.8 Å². The number of hydrogen-bond acceptors (Lipinski definition) is 5. The van der Waals surface area contributed by atoms with E-state index in [1.807, 2.05) is 13.0 Å². The van der Waals surface area contributed by atoms with Crippen molar-refractivity contribution < 1.29 is 4.74 Å². The second kappa shape index (κ2) is 6.75. The minimum atomic E-state index is 0.739. The first-order valence-electron chi connectivity index (χ1n) is 7.68. The lowest BCUT2D eigenvalue weighted by molar-refractivity contribution is 0.122. The molecule has 22 heavy (non-hydrogen) atoms. The minimum Gasteiger partial charge on any atom is -0.378 e. The first kappa shape index (κ1) is 14.8. The molecule has 116 valence electrons. The summed E-state index contributed by atoms with van der Waals surface area (Å²) >= 11 is 0. The molecule has 0 spiro atoms. The number of anilines is 2. The summed E-state index contributed by atoms with van der Waals surface area (Å²) in [6, 6.07) is 10.5. The minimum absolute atomic E-state index is 0.739. The second-order valence-electron chi connectivity index (χ2n) is 5.64. The molecular formula is C17H22N4O. The SMILES string of the molecule is Cc1cccc(CNc2cc(C)nc(N3CCOCC3)n2)c1. The zero-order valence-electron chi connectivity index (χ0n) is 13.2. The molecule has 1 aromatic carbocycles. The Morgan fingerprint density at radius 1 is 1.14 bits per heavy atom. The summed E-state index contributed by atoms with van der Waals surface area (Å²) in [4.78, 5) is 11.4. The maximum Gasteiger partial charge on any atom is 0.227 e. The smallest absolute Gasteiger partial charge is 0.227 e. The molecule has 0 aliphatic carbocycles. The van der Waals surface area contributed by atoms with E-state index in [-0.39, 0.29) is 0 Å². The summed E-state index contributed by atoms with van der Waals surface area (Å²) < 4.78 is 5.39. The van der Waals surface area contributed by atoms with Crippen molar-refractivity contribution in [2.75, 3.05) is 36.5 Å². The molecular weight excluding hydrogens is 276 g/mol. The highest BCUT2D eigenvalue weighted by Gasteiger charge is 2.14. The standard InChI is InChI=1S/C17H22N4O/c1-13-4-3-5-15(10-13)12-18-16-11-14(2)19-17(20-16)21-6-8-22-9-7-21/h3-5,10-11H,6-9,12H2,1-2H3,(H,18,19,20). The van der Waals surface area contributed by atoms with Gasteiger partial charge in [0.2, 0.25) is 5.95 Å². The lowest BCUT2D eigenvalue weighted by Crippen LogP contribution is -2.37. The number of nitrogens with one attached hydrogen (secondary N) is 1. The van der Waals surface area contributed by atoms with Crippen molar-refractivity contribution in [3.8, 4) is 0 Å². The van der Waals surface area contributed by atoms with Crippen molar-refractivity contribution >= 4 is 11.8 Å². The van der Waals surface area contributed by atoms with Gasteiger partial charge in [-0.25, -0.2) is 4.98 Å². The van der Waals surface area contributed by atoms with Crippen LogP contribution in [0.4, 0.5) is 11.8 Å². The summed E-state index contributed by atoms with van der Waals surface area (Å²) in [6.45, 7) is 8.05. The highest BCUT2D eigenvalue weighted by molar-refractivity contribution is 5.44. The Kier molecular flexibility index (Phi) is 4.53. The molecule has 1 N–H and O–H groups in total. The van der Waals surface area contributed by atoms with Gasteiger partial charge in [0, 0.05) is 31.4 Å². The number of aryl methyl sites for hydroxylation is 2. The maximum atomic E-state index is 5.39. The van der Waals surface area contributed by atoms with Crippen molar-refractivity contribution in [1.29, 1.82) is 0 Å². The lowest BCUT2D eigenvalue weighted by Gasteiger charge is -2.27.